The second-order valence-electron chi connectivity index (χ2n) is 4.79. The van der Waals surface area contributed by atoms with Crippen LogP contribution in [0.2, 0.25) is 10.0 Å². The van der Waals surface area contributed by atoms with E-state index in [9.17, 15) is 4.79 Å². The molecule has 3 rings (SSSR count). The molecule has 0 bridgehead atoms. The Bertz CT molecular complexity index is 723. The first-order valence-electron chi connectivity index (χ1n) is 6.63. The maximum absolute atomic E-state index is 12.3. The van der Waals surface area contributed by atoms with Crippen molar-refractivity contribution in [2.75, 3.05) is 17.8 Å². The molecule has 2 aromatic rings. The highest BCUT2D eigenvalue weighted by atomic mass is 35.5. The second kappa shape index (κ2) is 6.41. The van der Waals surface area contributed by atoms with Crippen LogP contribution in [0.5, 0.6) is 5.75 Å². The Morgan fingerprint density at radius 1 is 1.23 bits per heavy atom. The summed E-state index contributed by atoms with van der Waals surface area (Å²) < 4.78 is 5.24. The molecule has 0 aliphatic carbocycles. The van der Waals surface area contributed by atoms with E-state index in [1.807, 2.05) is 30.3 Å². The normalized spacial score (nSPS) is 17.9. The summed E-state index contributed by atoms with van der Waals surface area (Å²) in [6, 6.07) is 12.8. The Morgan fingerprint density at radius 2 is 2.05 bits per heavy atom. The van der Waals surface area contributed by atoms with Crippen molar-refractivity contribution in [2.45, 2.75) is 5.37 Å². The van der Waals surface area contributed by atoms with Gasteiger partial charge in [-0.3, -0.25) is 9.69 Å². The number of halogens is 2. The standard InChI is InChI=1S/C16H13Cl2NO2S/c1-21-12-4-2-3-11(8-12)19-15(20)9-22-16(19)13-6-5-10(17)7-14(13)18/h2-8,16H,9H2,1H3/t16-/m0/s1. The lowest BCUT2D eigenvalue weighted by molar-refractivity contribution is -0.115. The molecule has 0 N–H and O–H groups in total. The monoisotopic (exact) mass is 353 g/mol. The van der Waals surface area contributed by atoms with Gasteiger partial charge in [0.1, 0.15) is 11.1 Å². The number of rotatable bonds is 3. The molecule has 0 spiro atoms. The van der Waals surface area contributed by atoms with E-state index in [0.717, 1.165) is 11.3 Å². The highest BCUT2D eigenvalue weighted by Crippen LogP contribution is 2.44. The van der Waals surface area contributed by atoms with E-state index in [-0.39, 0.29) is 11.3 Å². The first kappa shape index (κ1) is 15.5. The van der Waals surface area contributed by atoms with Gasteiger partial charge in [0, 0.05) is 27.4 Å². The summed E-state index contributed by atoms with van der Waals surface area (Å²) in [5.74, 6) is 1.18. The van der Waals surface area contributed by atoms with Crippen LogP contribution in [0.25, 0.3) is 0 Å². The molecule has 1 fully saturated rings. The van der Waals surface area contributed by atoms with Gasteiger partial charge in [-0.25, -0.2) is 0 Å². The molecule has 0 radical (unpaired) electrons. The van der Waals surface area contributed by atoms with Crippen molar-refractivity contribution in [1.82, 2.24) is 0 Å². The van der Waals surface area contributed by atoms with Crippen molar-refractivity contribution in [3.8, 4) is 5.75 Å². The minimum absolute atomic E-state index is 0.0502. The number of thioether (sulfide) groups is 1. The van der Waals surface area contributed by atoms with Crippen molar-refractivity contribution in [3.63, 3.8) is 0 Å². The number of methoxy groups -OCH3 is 1. The van der Waals surface area contributed by atoms with Crippen molar-refractivity contribution >= 4 is 46.6 Å². The van der Waals surface area contributed by atoms with Crippen LogP contribution in [-0.2, 0) is 4.79 Å². The number of carbonyl (C=O) groups is 1. The minimum Gasteiger partial charge on any atom is -0.497 e. The number of nitrogens with zero attached hydrogens (tertiary/aromatic N) is 1. The molecule has 1 aliphatic rings. The summed E-state index contributed by atoms with van der Waals surface area (Å²) in [7, 11) is 1.60. The fourth-order valence-electron chi connectivity index (χ4n) is 2.40. The van der Waals surface area contributed by atoms with Gasteiger partial charge >= 0.3 is 0 Å². The average Bonchev–Trinajstić information content (AvgIpc) is 2.89. The molecule has 1 saturated heterocycles. The van der Waals surface area contributed by atoms with Gasteiger partial charge in [0.25, 0.3) is 0 Å². The van der Waals surface area contributed by atoms with Gasteiger partial charge in [-0.15, -0.1) is 11.8 Å². The number of benzene rings is 2. The molecule has 6 heteroatoms. The lowest BCUT2D eigenvalue weighted by Gasteiger charge is -2.25. The SMILES string of the molecule is COc1cccc(N2C(=O)CS[C@H]2c2ccc(Cl)cc2Cl)c1. The first-order valence-corrected chi connectivity index (χ1v) is 8.43. The molecule has 1 atom stereocenters. The van der Waals surface area contributed by atoms with Crippen LogP contribution >= 0.6 is 35.0 Å². The van der Waals surface area contributed by atoms with E-state index < -0.39 is 0 Å². The Labute approximate surface area is 143 Å². The molecule has 0 unspecified atom stereocenters. The van der Waals surface area contributed by atoms with Crippen LogP contribution in [0.1, 0.15) is 10.9 Å². The van der Waals surface area contributed by atoms with E-state index in [1.165, 1.54) is 0 Å². The van der Waals surface area contributed by atoms with E-state index in [1.54, 1.807) is 35.9 Å². The highest BCUT2D eigenvalue weighted by Gasteiger charge is 2.35. The molecule has 22 heavy (non-hydrogen) atoms. The lowest BCUT2D eigenvalue weighted by atomic mass is 10.2. The van der Waals surface area contributed by atoms with Crippen LogP contribution in [0.3, 0.4) is 0 Å². The zero-order chi connectivity index (χ0) is 15.7. The average molecular weight is 354 g/mol. The summed E-state index contributed by atoms with van der Waals surface area (Å²) in [5, 5.41) is 0.980. The van der Waals surface area contributed by atoms with Gasteiger partial charge in [-0.2, -0.15) is 0 Å². The van der Waals surface area contributed by atoms with Crippen LogP contribution in [-0.4, -0.2) is 18.8 Å². The highest BCUT2D eigenvalue weighted by molar-refractivity contribution is 8.00. The predicted molar refractivity (Wildman–Crippen MR) is 92.1 cm³/mol. The first-order chi connectivity index (χ1) is 10.6. The zero-order valence-corrected chi connectivity index (χ0v) is 14.1. The van der Waals surface area contributed by atoms with Gasteiger partial charge in [-0.1, -0.05) is 35.3 Å². The largest absolute Gasteiger partial charge is 0.497 e. The maximum atomic E-state index is 12.3. The van der Waals surface area contributed by atoms with Gasteiger partial charge < -0.3 is 4.74 Å². The number of hydrogen-bond acceptors (Lipinski definition) is 3. The molecular formula is C16H13Cl2NO2S. The fourth-order valence-corrected chi connectivity index (χ4v) is 4.18. The lowest BCUT2D eigenvalue weighted by Crippen LogP contribution is -2.27. The number of anilines is 1. The van der Waals surface area contributed by atoms with Crippen LogP contribution in [0.4, 0.5) is 5.69 Å². The fraction of sp³-hybridized carbons (Fsp3) is 0.188. The summed E-state index contributed by atoms with van der Waals surface area (Å²) >= 11 is 13.8. The van der Waals surface area contributed by atoms with Gasteiger partial charge in [-0.05, 0) is 24.3 Å². The topological polar surface area (TPSA) is 29.5 Å². The molecular weight excluding hydrogens is 341 g/mol. The summed E-state index contributed by atoms with van der Waals surface area (Å²) in [6.45, 7) is 0. The predicted octanol–water partition coefficient (Wildman–Crippen LogP) is 4.78. The van der Waals surface area contributed by atoms with Crippen LogP contribution in [0, 0.1) is 0 Å². The van der Waals surface area contributed by atoms with Crippen LogP contribution in [0.15, 0.2) is 42.5 Å². The molecule has 1 aliphatic heterocycles. The molecule has 3 nitrogen and oxygen atoms in total. The Kier molecular flexibility index (Phi) is 4.52. The van der Waals surface area contributed by atoms with E-state index in [4.69, 9.17) is 27.9 Å². The van der Waals surface area contributed by atoms with E-state index in [2.05, 4.69) is 0 Å². The smallest absolute Gasteiger partial charge is 0.238 e. The third-order valence-electron chi connectivity index (χ3n) is 3.43. The number of amides is 1. The molecule has 1 heterocycles. The number of hydrogen-bond donors (Lipinski definition) is 0. The van der Waals surface area contributed by atoms with Crippen molar-refractivity contribution in [3.05, 3.63) is 58.1 Å². The Balaban J connectivity index is 2.02. The Morgan fingerprint density at radius 3 is 2.77 bits per heavy atom. The molecule has 114 valence electrons. The summed E-state index contributed by atoms with van der Waals surface area (Å²) in [4.78, 5) is 14.1. The van der Waals surface area contributed by atoms with Gasteiger partial charge in [0.05, 0.1) is 12.9 Å². The summed E-state index contributed by atoms with van der Waals surface area (Å²) in [6.07, 6.45) is 0. The van der Waals surface area contributed by atoms with Crippen molar-refractivity contribution in [1.29, 1.82) is 0 Å². The third kappa shape index (κ3) is 2.91. The van der Waals surface area contributed by atoms with E-state index >= 15 is 0 Å². The third-order valence-corrected chi connectivity index (χ3v) is 5.18. The van der Waals surface area contributed by atoms with Gasteiger partial charge in [0.15, 0.2) is 0 Å². The second-order valence-corrected chi connectivity index (χ2v) is 6.71. The summed E-state index contributed by atoms with van der Waals surface area (Å²) in [5.41, 5.74) is 1.68. The van der Waals surface area contributed by atoms with E-state index in [0.29, 0.717) is 21.5 Å². The Hall–Kier alpha value is -1.36. The minimum atomic E-state index is -0.163. The number of carbonyl (C=O) groups excluding carboxylic acids is 1. The molecule has 1 amide bonds. The molecule has 0 saturated carbocycles. The molecule has 0 aromatic heterocycles. The quantitative estimate of drug-likeness (QED) is 0.794. The number of ether oxygens (including phenoxy) is 1. The maximum Gasteiger partial charge on any atom is 0.238 e. The van der Waals surface area contributed by atoms with Gasteiger partial charge in [0.2, 0.25) is 5.91 Å². The van der Waals surface area contributed by atoms with Crippen molar-refractivity contribution in [2.24, 2.45) is 0 Å². The van der Waals surface area contributed by atoms with Crippen molar-refractivity contribution < 1.29 is 9.53 Å². The van der Waals surface area contributed by atoms with Crippen LogP contribution < -0.4 is 9.64 Å². The molecule has 2 aromatic carbocycles. The zero-order valence-electron chi connectivity index (χ0n) is 11.8.